The van der Waals surface area contributed by atoms with Crippen molar-refractivity contribution in [2.45, 2.75) is 26.7 Å². The number of thiazole rings is 1. The number of benzene rings is 1. The Bertz CT molecular complexity index is 517. The molecule has 16 heavy (non-hydrogen) atoms. The Kier molecular flexibility index (Phi) is 3.31. The van der Waals surface area contributed by atoms with Crippen molar-refractivity contribution in [3.05, 3.63) is 40.0 Å². The van der Waals surface area contributed by atoms with Crippen molar-refractivity contribution in [2.75, 3.05) is 0 Å². The number of aromatic nitrogens is 1. The van der Waals surface area contributed by atoms with Crippen LogP contribution in [-0.2, 0) is 5.88 Å². The average molecular weight is 252 g/mol. The fraction of sp³-hybridized carbons (Fsp3) is 0.308. The summed E-state index contributed by atoms with van der Waals surface area (Å²) in [4.78, 5) is 5.71. The Balaban J connectivity index is 2.57. The van der Waals surface area contributed by atoms with Gasteiger partial charge in [0.2, 0.25) is 0 Å². The van der Waals surface area contributed by atoms with E-state index in [1.807, 2.05) is 6.92 Å². The molecular weight excluding hydrogens is 238 g/mol. The summed E-state index contributed by atoms with van der Waals surface area (Å²) in [7, 11) is 0. The molecule has 0 saturated heterocycles. The molecule has 0 atom stereocenters. The number of halogens is 1. The predicted octanol–water partition coefficient (Wildman–Crippen LogP) is 4.47. The van der Waals surface area contributed by atoms with Crippen LogP contribution in [0.1, 0.15) is 21.8 Å². The molecule has 0 aliphatic rings. The van der Waals surface area contributed by atoms with E-state index < -0.39 is 0 Å². The Labute approximate surface area is 105 Å². The summed E-state index contributed by atoms with van der Waals surface area (Å²) in [5.41, 5.74) is 4.93. The lowest BCUT2D eigenvalue weighted by Crippen LogP contribution is -1.84. The van der Waals surface area contributed by atoms with Gasteiger partial charge in [-0.2, -0.15) is 0 Å². The number of rotatable bonds is 2. The summed E-state index contributed by atoms with van der Waals surface area (Å²) in [5.74, 6) is 0.496. The van der Waals surface area contributed by atoms with Gasteiger partial charge in [0, 0.05) is 0 Å². The zero-order chi connectivity index (χ0) is 11.7. The van der Waals surface area contributed by atoms with Gasteiger partial charge in [0.25, 0.3) is 0 Å². The molecule has 0 bridgehead atoms. The first kappa shape index (κ1) is 11.6. The molecule has 2 aromatic rings. The Hall–Kier alpha value is -0.860. The first-order valence-electron chi connectivity index (χ1n) is 5.21. The second-order valence-corrected chi connectivity index (χ2v) is 5.33. The molecule has 0 aliphatic carbocycles. The number of hydrogen-bond acceptors (Lipinski definition) is 2. The Morgan fingerprint density at radius 1 is 1.25 bits per heavy atom. The van der Waals surface area contributed by atoms with Gasteiger partial charge < -0.3 is 0 Å². The maximum atomic E-state index is 5.82. The topological polar surface area (TPSA) is 12.9 Å². The smallest absolute Gasteiger partial charge is 0.108 e. The van der Waals surface area contributed by atoms with E-state index >= 15 is 0 Å². The van der Waals surface area contributed by atoms with E-state index in [1.165, 1.54) is 21.6 Å². The van der Waals surface area contributed by atoms with Gasteiger partial charge in [-0.3, -0.25) is 0 Å². The highest BCUT2D eigenvalue weighted by atomic mass is 35.5. The molecule has 3 heteroatoms. The number of alkyl halides is 1. The monoisotopic (exact) mass is 251 g/mol. The fourth-order valence-corrected chi connectivity index (χ4v) is 2.96. The van der Waals surface area contributed by atoms with Crippen LogP contribution < -0.4 is 0 Å². The lowest BCUT2D eigenvalue weighted by Gasteiger charge is -2.05. The maximum absolute atomic E-state index is 5.82. The van der Waals surface area contributed by atoms with Crippen LogP contribution in [0.2, 0.25) is 0 Å². The highest BCUT2D eigenvalue weighted by molar-refractivity contribution is 7.15. The lowest BCUT2D eigenvalue weighted by atomic mass is 10.0. The molecule has 0 N–H and O–H groups in total. The molecule has 1 aromatic carbocycles. The first-order valence-corrected chi connectivity index (χ1v) is 6.57. The number of nitrogens with zero attached hydrogens (tertiary/aromatic N) is 1. The molecule has 0 spiro atoms. The van der Waals surface area contributed by atoms with E-state index in [2.05, 4.69) is 37.0 Å². The van der Waals surface area contributed by atoms with Crippen LogP contribution in [0.15, 0.2) is 18.2 Å². The van der Waals surface area contributed by atoms with Gasteiger partial charge in [0.1, 0.15) is 5.01 Å². The number of hydrogen-bond donors (Lipinski definition) is 0. The van der Waals surface area contributed by atoms with Crippen molar-refractivity contribution in [3.63, 3.8) is 0 Å². The molecule has 1 nitrogen and oxygen atoms in total. The zero-order valence-electron chi connectivity index (χ0n) is 9.67. The normalized spacial score (nSPS) is 10.8. The average Bonchev–Trinajstić information content (AvgIpc) is 2.63. The second kappa shape index (κ2) is 4.56. The summed E-state index contributed by atoms with van der Waals surface area (Å²) >= 11 is 7.51. The van der Waals surface area contributed by atoms with Gasteiger partial charge in [-0.1, -0.05) is 23.8 Å². The maximum Gasteiger partial charge on any atom is 0.108 e. The Morgan fingerprint density at radius 3 is 2.62 bits per heavy atom. The molecule has 0 amide bonds. The molecule has 84 valence electrons. The van der Waals surface area contributed by atoms with E-state index in [-0.39, 0.29) is 0 Å². The minimum Gasteiger partial charge on any atom is -0.245 e. The van der Waals surface area contributed by atoms with E-state index in [1.54, 1.807) is 11.3 Å². The third-order valence-electron chi connectivity index (χ3n) is 2.59. The minimum absolute atomic E-state index is 0.496. The third-order valence-corrected chi connectivity index (χ3v) is 4.20. The molecule has 0 radical (unpaired) electrons. The van der Waals surface area contributed by atoms with Gasteiger partial charge in [-0.25, -0.2) is 4.98 Å². The van der Waals surface area contributed by atoms with Crippen LogP contribution >= 0.6 is 22.9 Å². The van der Waals surface area contributed by atoms with Crippen LogP contribution in [-0.4, -0.2) is 4.98 Å². The van der Waals surface area contributed by atoms with Crippen molar-refractivity contribution in [2.24, 2.45) is 0 Å². The van der Waals surface area contributed by atoms with Crippen molar-refractivity contribution in [1.82, 2.24) is 4.98 Å². The third kappa shape index (κ3) is 2.13. The zero-order valence-corrected chi connectivity index (χ0v) is 11.2. The van der Waals surface area contributed by atoms with Crippen LogP contribution in [0.4, 0.5) is 0 Å². The fourth-order valence-electron chi connectivity index (χ4n) is 1.74. The summed E-state index contributed by atoms with van der Waals surface area (Å²) < 4.78 is 0. The highest BCUT2D eigenvalue weighted by Crippen LogP contribution is 2.33. The van der Waals surface area contributed by atoms with E-state index in [9.17, 15) is 0 Å². The quantitative estimate of drug-likeness (QED) is 0.718. The van der Waals surface area contributed by atoms with E-state index in [0.717, 1.165) is 10.7 Å². The summed E-state index contributed by atoms with van der Waals surface area (Å²) in [6.07, 6.45) is 0. The van der Waals surface area contributed by atoms with Crippen LogP contribution in [0.5, 0.6) is 0 Å². The predicted molar refractivity (Wildman–Crippen MR) is 71.3 cm³/mol. The van der Waals surface area contributed by atoms with Gasteiger partial charge in [0.05, 0.1) is 16.5 Å². The number of aryl methyl sites for hydroxylation is 3. The van der Waals surface area contributed by atoms with Crippen molar-refractivity contribution < 1.29 is 0 Å². The van der Waals surface area contributed by atoms with Gasteiger partial charge in [0.15, 0.2) is 0 Å². The van der Waals surface area contributed by atoms with Gasteiger partial charge >= 0.3 is 0 Å². The van der Waals surface area contributed by atoms with Crippen molar-refractivity contribution in [1.29, 1.82) is 0 Å². The lowest BCUT2D eigenvalue weighted by molar-refractivity contribution is 1.18. The van der Waals surface area contributed by atoms with E-state index in [0.29, 0.717) is 5.88 Å². The van der Waals surface area contributed by atoms with Crippen LogP contribution in [0.25, 0.3) is 10.4 Å². The largest absolute Gasteiger partial charge is 0.245 e. The Morgan fingerprint density at radius 2 is 2.00 bits per heavy atom. The highest BCUT2D eigenvalue weighted by Gasteiger charge is 2.11. The standard InChI is InChI=1S/C13H14ClNS/c1-8-4-5-9(2)11(6-8)13-10(3)15-12(7-14)16-13/h4-6H,7H2,1-3H3. The van der Waals surface area contributed by atoms with E-state index in [4.69, 9.17) is 11.6 Å². The second-order valence-electron chi connectivity index (χ2n) is 3.97. The molecule has 0 fully saturated rings. The minimum atomic E-state index is 0.496. The van der Waals surface area contributed by atoms with Crippen molar-refractivity contribution >= 4 is 22.9 Å². The van der Waals surface area contributed by atoms with Gasteiger partial charge in [-0.05, 0) is 31.9 Å². The summed E-state index contributed by atoms with van der Waals surface area (Å²) in [5, 5.41) is 0.995. The first-order chi connectivity index (χ1) is 7.61. The molecule has 1 heterocycles. The summed E-state index contributed by atoms with van der Waals surface area (Å²) in [6.45, 7) is 6.29. The molecule has 0 unspecified atom stereocenters. The van der Waals surface area contributed by atoms with Crippen molar-refractivity contribution in [3.8, 4) is 10.4 Å². The van der Waals surface area contributed by atoms with Crippen LogP contribution in [0, 0.1) is 20.8 Å². The molecule has 0 aliphatic heterocycles. The molecule has 2 rings (SSSR count). The molecule has 0 saturated carbocycles. The molecular formula is C13H14ClNS. The van der Waals surface area contributed by atoms with Gasteiger partial charge in [-0.15, -0.1) is 22.9 Å². The summed E-state index contributed by atoms with van der Waals surface area (Å²) in [6, 6.07) is 6.51. The molecule has 1 aromatic heterocycles. The van der Waals surface area contributed by atoms with Crippen LogP contribution in [0.3, 0.4) is 0 Å². The SMILES string of the molecule is Cc1ccc(C)c(-c2sc(CCl)nc2C)c1.